The first-order valence-corrected chi connectivity index (χ1v) is 11.5. The fourth-order valence-corrected chi connectivity index (χ4v) is 5.15. The first-order valence-electron chi connectivity index (χ1n) is 11.5. The molecule has 6 heteroatoms. The van der Waals surface area contributed by atoms with E-state index in [0.717, 1.165) is 45.3 Å². The predicted molar refractivity (Wildman–Crippen MR) is 115 cm³/mol. The lowest BCUT2D eigenvalue weighted by Crippen LogP contribution is -2.54. The Morgan fingerprint density at radius 1 is 0.828 bits per heavy atom. The fraction of sp³-hybridized carbons (Fsp3) is 0.696. The smallest absolute Gasteiger partial charge is 0.320 e. The molecule has 1 aliphatic carbocycles. The van der Waals surface area contributed by atoms with Crippen LogP contribution in [0.25, 0.3) is 0 Å². The lowest BCUT2D eigenvalue weighted by molar-refractivity contribution is 0.0428. The van der Waals surface area contributed by atoms with Crippen molar-refractivity contribution in [2.45, 2.75) is 38.1 Å². The maximum Gasteiger partial charge on any atom is 0.320 e. The molecule has 1 aromatic carbocycles. The number of benzene rings is 1. The second-order valence-electron chi connectivity index (χ2n) is 8.93. The van der Waals surface area contributed by atoms with E-state index in [1.807, 2.05) is 9.80 Å². The maximum absolute atomic E-state index is 12.7. The van der Waals surface area contributed by atoms with Gasteiger partial charge in [0.15, 0.2) is 0 Å². The molecule has 0 atom stereocenters. The average molecular weight is 399 g/mol. The monoisotopic (exact) mass is 398 g/mol. The van der Waals surface area contributed by atoms with Crippen LogP contribution in [0.5, 0.6) is 0 Å². The van der Waals surface area contributed by atoms with Crippen LogP contribution in [0.2, 0.25) is 0 Å². The van der Waals surface area contributed by atoms with Crippen LogP contribution < -0.4 is 4.90 Å². The van der Waals surface area contributed by atoms with Gasteiger partial charge in [-0.05, 0) is 48.9 Å². The van der Waals surface area contributed by atoms with E-state index in [1.165, 1.54) is 62.0 Å². The van der Waals surface area contributed by atoms with Crippen LogP contribution in [0, 0.1) is 0 Å². The zero-order valence-corrected chi connectivity index (χ0v) is 17.5. The molecule has 0 radical (unpaired) electrons. The molecule has 0 unspecified atom stereocenters. The number of carbonyl (C=O) groups excluding carboxylic acids is 1. The summed E-state index contributed by atoms with van der Waals surface area (Å²) in [5.41, 5.74) is 4.41. The highest BCUT2D eigenvalue weighted by atomic mass is 16.5. The summed E-state index contributed by atoms with van der Waals surface area (Å²) in [6, 6.07) is 8.13. The number of ether oxygens (including phenoxy) is 1. The summed E-state index contributed by atoms with van der Waals surface area (Å²) in [7, 11) is 0. The van der Waals surface area contributed by atoms with Crippen molar-refractivity contribution < 1.29 is 9.53 Å². The van der Waals surface area contributed by atoms with E-state index in [4.69, 9.17) is 4.74 Å². The molecule has 0 bridgehead atoms. The van der Waals surface area contributed by atoms with Gasteiger partial charge in [-0.1, -0.05) is 12.5 Å². The van der Waals surface area contributed by atoms with Gasteiger partial charge < -0.3 is 19.4 Å². The summed E-state index contributed by atoms with van der Waals surface area (Å²) in [6.07, 6.45) is 6.57. The van der Waals surface area contributed by atoms with Gasteiger partial charge in [0.1, 0.15) is 0 Å². The molecule has 158 valence electrons. The molecular formula is C23H34N4O2. The molecule has 2 amide bonds. The van der Waals surface area contributed by atoms with Gasteiger partial charge in [-0.2, -0.15) is 0 Å². The summed E-state index contributed by atoms with van der Waals surface area (Å²) < 4.78 is 5.37. The molecule has 0 N–H and O–H groups in total. The minimum absolute atomic E-state index is 0.186. The van der Waals surface area contributed by atoms with Gasteiger partial charge in [0.05, 0.1) is 13.2 Å². The average Bonchev–Trinajstić information content (AvgIpc) is 2.95. The third-order valence-corrected chi connectivity index (χ3v) is 7.31. The third-order valence-electron chi connectivity index (χ3n) is 7.31. The number of amides is 2. The molecule has 1 saturated carbocycles. The summed E-state index contributed by atoms with van der Waals surface area (Å²) >= 11 is 0. The molecule has 1 aromatic rings. The first kappa shape index (κ1) is 19.2. The van der Waals surface area contributed by atoms with Crippen molar-refractivity contribution in [3.63, 3.8) is 0 Å². The minimum Gasteiger partial charge on any atom is -0.378 e. The number of urea groups is 1. The van der Waals surface area contributed by atoms with Crippen LogP contribution >= 0.6 is 0 Å². The highest BCUT2D eigenvalue weighted by molar-refractivity contribution is 5.75. The molecular weight excluding hydrogens is 364 g/mol. The molecule has 0 aromatic heterocycles. The van der Waals surface area contributed by atoms with Crippen molar-refractivity contribution in [3.05, 3.63) is 29.3 Å². The van der Waals surface area contributed by atoms with E-state index in [-0.39, 0.29) is 6.03 Å². The predicted octanol–water partition coefficient (Wildman–Crippen LogP) is 2.21. The number of hydrogen-bond acceptors (Lipinski definition) is 4. The maximum atomic E-state index is 12.7. The van der Waals surface area contributed by atoms with Crippen molar-refractivity contribution in [3.8, 4) is 0 Å². The lowest BCUT2D eigenvalue weighted by atomic mass is 9.91. The van der Waals surface area contributed by atoms with Crippen molar-refractivity contribution in [1.29, 1.82) is 0 Å². The number of morpholine rings is 1. The molecule has 29 heavy (non-hydrogen) atoms. The second kappa shape index (κ2) is 8.52. The van der Waals surface area contributed by atoms with E-state index in [9.17, 15) is 4.79 Å². The second-order valence-corrected chi connectivity index (χ2v) is 8.93. The Morgan fingerprint density at radius 2 is 1.52 bits per heavy atom. The van der Waals surface area contributed by atoms with Crippen molar-refractivity contribution >= 4 is 11.7 Å². The Kier molecular flexibility index (Phi) is 5.64. The Balaban J connectivity index is 1.18. The van der Waals surface area contributed by atoms with Crippen LogP contribution in [-0.4, -0.2) is 92.3 Å². The zero-order valence-electron chi connectivity index (χ0n) is 17.5. The van der Waals surface area contributed by atoms with E-state index in [1.54, 1.807) is 0 Å². The van der Waals surface area contributed by atoms with Crippen LogP contribution in [-0.2, 0) is 17.6 Å². The third kappa shape index (κ3) is 4.10. The Morgan fingerprint density at radius 3 is 2.21 bits per heavy atom. The number of carbonyl (C=O) groups is 1. The van der Waals surface area contributed by atoms with Gasteiger partial charge in [0.2, 0.25) is 0 Å². The summed E-state index contributed by atoms with van der Waals surface area (Å²) in [5, 5.41) is 0. The van der Waals surface area contributed by atoms with E-state index in [0.29, 0.717) is 13.2 Å². The molecule has 5 rings (SSSR count). The van der Waals surface area contributed by atoms with Crippen LogP contribution in [0.4, 0.5) is 10.5 Å². The number of fused-ring (bicyclic) bond motifs is 1. The fourth-order valence-electron chi connectivity index (χ4n) is 5.15. The van der Waals surface area contributed by atoms with Gasteiger partial charge >= 0.3 is 6.03 Å². The molecule has 6 nitrogen and oxygen atoms in total. The van der Waals surface area contributed by atoms with Crippen LogP contribution in [0.3, 0.4) is 0 Å². The summed E-state index contributed by atoms with van der Waals surface area (Å²) in [5.74, 6) is 0. The number of rotatable bonds is 2. The number of anilines is 1. The Labute approximate surface area is 174 Å². The standard InChI is InChI=1S/C23H34N4O2/c28-23(27-14-16-29-17-15-27)26-12-10-25(11-13-26)22-5-4-19-6-8-24(21-2-1-3-21)9-7-20(19)18-22/h4-5,18,21H,1-3,6-17H2. The van der Waals surface area contributed by atoms with Crippen molar-refractivity contribution in [2.75, 3.05) is 70.5 Å². The quantitative estimate of drug-likeness (QED) is 0.766. The minimum atomic E-state index is 0.186. The van der Waals surface area contributed by atoms with Crippen LogP contribution in [0.1, 0.15) is 30.4 Å². The largest absolute Gasteiger partial charge is 0.378 e. The number of nitrogens with zero attached hydrogens (tertiary/aromatic N) is 4. The molecule has 3 heterocycles. The topological polar surface area (TPSA) is 39.3 Å². The van der Waals surface area contributed by atoms with Gasteiger partial charge in [-0.3, -0.25) is 4.90 Å². The van der Waals surface area contributed by atoms with Crippen LogP contribution in [0.15, 0.2) is 18.2 Å². The van der Waals surface area contributed by atoms with Gasteiger partial charge in [0.25, 0.3) is 0 Å². The SMILES string of the molecule is O=C(N1CCOCC1)N1CCN(c2ccc3c(c2)CCN(C2CCC2)CC3)CC1. The zero-order chi connectivity index (χ0) is 19.6. The first-order chi connectivity index (χ1) is 14.3. The highest BCUT2D eigenvalue weighted by Gasteiger charge is 2.28. The number of hydrogen-bond donors (Lipinski definition) is 0. The van der Waals surface area contributed by atoms with Crippen molar-refractivity contribution in [2.24, 2.45) is 0 Å². The molecule has 3 fully saturated rings. The van der Waals surface area contributed by atoms with Gasteiger partial charge in [-0.15, -0.1) is 0 Å². The lowest BCUT2D eigenvalue weighted by Gasteiger charge is -2.39. The summed E-state index contributed by atoms with van der Waals surface area (Å²) in [6.45, 7) is 8.67. The van der Waals surface area contributed by atoms with E-state index < -0.39 is 0 Å². The molecule has 0 spiro atoms. The molecule has 3 aliphatic heterocycles. The highest BCUT2D eigenvalue weighted by Crippen LogP contribution is 2.29. The molecule has 4 aliphatic rings. The normalized spacial score (nSPS) is 24.1. The summed E-state index contributed by atoms with van der Waals surface area (Å²) in [4.78, 5) is 21.8. The Bertz CT molecular complexity index is 722. The van der Waals surface area contributed by atoms with E-state index in [2.05, 4.69) is 28.0 Å². The van der Waals surface area contributed by atoms with E-state index >= 15 is 0 Å². The Hall–Kier alpha value is -1.79. The van der Waals surface area contributed by atoms with Crippen molar-refractivity contribution in [1.82, 2.24) is 14.7 Å². The van der Waals surface area contributed by atoms with Gasteiger partial charge in [0, 0.05) is 64.1 Å². The molecule has 2 saturated heterocycles. The van der Waals surface area contributed by atoms with Gasteiger partial charge in [-0.25, -0.2) is 4.79 Å². The number of piperazine rings is 1.